The summed E-state index contributed by atoms with van der Waals surface area (Å²) >= 11 is 0. The molecule has 0 saturated heterocycles. The summed E-state index contributed by atoms with van der Waals surface area (Å²) in [6.07, 6.45) is 0. The molecule has 0 saturated carbocycles. The second-order valence-corrected chi connectivity index (χ2v) is 3.15. The van der Waals surface area contributed by atoms with Crippen LogP contribution in [0.15, 0.2) is 11.1 Å². The van der Waals surface area contributed by atoms with E-state index in [1.807, 2.05) is 0 Å². The van der Waals surface area contributed by atoms with E-state index in [0.29, 0.717) is 11.8 Å². The van der Waals surface area contributed by atoms with Crippen molar-refractivity contribution in [1.29, 1.82) is 0 Å². The van der Waals surface area contributed by atoms with Gasteiger partial charge < -0.3 is 0 Å². The predicted molar refractivity (Wildman–Crippen MR) is 44.5 cm³/mol. The van der Waals surface area contributed by atoms with Crippen LogP contribution in [0.4, 0.5) is 0 Å². The maximum atomic E-state index is 3.20. The molecule has 0 aliphatic heterocycles. The Labute approximate surface area is 63.3 Å². The van der Waals surface area contributed by atoms with Gasteiger partial charge in [-0.25, -0.2) is 0 Å². The van der Waals surface area contributed by atoms with Gasteiger partial charge in [-0.15, -0.1) is 0 Å². The molecule has 0 aromatic carbocycles. The predicted octanol–water partition coefficient (Wildman–Crippen LogP) is 2.61. The highest BCUT2D eigenvalue weighted by Gasteiger charge is 2.15. The van der Waals surface area contributed by atoms with Crippen LogP contribution in [-0.2, 0) is 0 Å². The molecule has 10 heavy (non-hydrogen) atoms. The molecule has 2 atom stereocenters. The highest BCUT2D eigenvalue weighted by atomic mass is 14.2. The lowest BCUT2D eigenvalue weighted by atomic mass is 9.84. The normalized spacial score (nSPS) is 31.6. The molecular formula is C10H14. The molecule has 0 amide bonds. The summed E-state index contributed by atoms with van der Waals surface area (Å²) in [6.45, 7) is 8.72. The Morgan fingerprint density at radius 1 is 1.20 bits per heavy atom. The zero-order valence-electron chi connectivity index (χ0n) is 7.15. The molecule has 1 aliphatic carbocycles. The Kier molecular flexibility index (Phi) is 1.85. The second kappa shape index (κ2) is 2.50. The second-order valence-electron chi connectivity index (χ2n) is 3.15. The van der Waals surface area contributed by atoms with E-state index in [4.69, 9.17) is 0 Å². The number of hydrogen-bond acceptors (Lipinski definition) is 0. The van der Waals surface area contributed by atoms with E-state index in [9.17, 15) is 0 Å². The van der Waals surface area contributed by atoms with Crippen LogP contribution in [0.1, 0.15) is 27.7 Å². The lowest BCUT2D eigenvalue weighted by Gasteiger charge is -2.19. The summed E-state index contributed by atoms with van der Waals surface area (Å²) in [6, 6.07) is 0. The molecule has 0 heterocycles. The third-order valence-electron chi connectivity index (χ3n) is 2.51. The van der Waals surface area contributed by atoms with Gasteiger partial charge in [0.25, 0.3) is 0 Å². The Bertz CT molecular complexity index is 222. The minimum absolute atomic E-state index is 0.545. The summed E-state index contributed by atoms with van der Waals surface area (Å²) in [5, 5.41) is 0. The van der Waals surface area contributed by atoms with Gasteiger partial charge >= 0.3 is 0 Å². The molecule has 2 unspecified atom stereocenters. The molecule has 0 radical (unpaired) electrons. The van der Waals surface area contributed by atoms with Gasteiger partial charge in [-0.1, -0.05) is 31.3 Å². The number of allylic oxidation sites excluding steroid dienone is 2. The molecule has 0 N–H and O–H groups in total. The zero-order valence-corrected chi connectivity index (χ0v) is 7.15. The first-order chi connectivity index (χ1) is 4.63. The standard InChI is InChI=1S/C10H14/c1-7-5-6-8(2)10(4)9(7)3/h7,9H,1-4H3. The maximum Gasteiger partial charge on any atom is 0.0241 e. The summed E-state index contributed by atoms with van der Waals surface area (Å²) < 4.78 is 0. The van der Waals surface area contributed by atoms with Crippen molar-refractivity contribution >= 4 is 0 Å². The Hall–Kier alpha value is -0.700. The summed E-state index contributed by atoms with van der Waals surface area (Å²) in [4.78, 5) is 0. The molecule has 1 aliphatic rings. The lowest BCUT2D eigenvalue weighted by molar-refractivity contribution is 0.537. The van der Waals surface area contributed by atoms with Crippen molar-refractivity contribution in [3.63, 3.8) is 0 Å². The highest BCUT2D eigenvalue weighted by molar-refractivity contribution is 5.37. The fraction of sp³-hybridized carbons (Fsp3) is 0.600. The fourth-order valence-corrected chi connectivity index (χ4v) is 1.16. The van der Waals surface area contributed by atoms with Gasteiger partial charge in [-0.3, -0.25) is 0 Å². The van der Waals surface area contributed by atoms with E-state index in [0.717, 1.165) is 0 Å². The third-order valence-corrected chi connectivity index (χ3v) is 2.51. The minimum atomic E-state index is 0.545. The molecule has 0 heteroatoms. The van der Waals surface area contributed by atoms with Crippen LogP contribution in [0, 0.1) is 23.7 Å². The maximum absolute atomic E-state index is 3.20. The molecule has 1 rings (SSSR count). The van der Waals surface area contributed by atoms with Crippen molar-refractivity contribution in [2.45, 2.75) is 27.7 Å². The molecule has 0 aromatic heterocycles. The van der Waals surface area contributed by atoms with E-state index in [-0.39, 0.29) is 0 Å². The van der Waals surface area contributed by atoms with Crippen LogP contribution in [0.3, 0.4) is 0 Å². The number of rotatable bonds is 0. The molecule has 54 valence electrons. The largest absolute Gasteiger partial charge is 0.0945 e. The van der Waals surface area contributed by atoms with E-state index in [1.165, 1.54) is 11.1 Å². The zero-order chi connectivity index (χ0) is 7.72. The molecule has 0 bridgehead atoms. The van der Waals surface area contributed by atoms with Crippen molar-refractivity contribution in [1.82, 2.24) is 0 Å². The van der Waals surface area contributed by atoms with E-state index >= 15 is 0 Å². The SMILES string of the molecule is CC1=C(C)C(C)C(C)C#C1. The molecule has 0 aromatic rings. The Morgan fingerprint density at radius 2 is 1.80 bits per heavy atom. The van der Waals surface area contributed by atoms with Gasteiger partial charge in [0.1, 0.15) is 0 Å². The average Bonchev–Trinajstić information content (AvgIpc) is 1.93. The summed E-state index contributed by atoms with van der Waals surface area (Å²) in [5.74, 6) is 7.54. The Balaban J connectivity index is 2.96. The van der Waals surface area contributed by atoms with Crippen LogP contribution < -0.4 is 0 Å². The van der Waals surface area contributed by atoms with Crippen molar-refractivity contribution in [3.8, 4) is 11.8 Å². The first kappa shape index (κ1) is 7.41. The first-order valence-electron chi connectivity index (χ1n) is 3.82. The monoisotopic (exact) mass is 134 g/mol. The minimum Gasteiger partial charge on any atom is -0.0945 e. The van der Waals surface area contributed by atoms with Gasteiger partial charge in [0.15, 0.2) is 0 Å². The van der Waals surface area contributed by atoms with Crippen LogP contribution in [0.2, 0.25) is 0 Å². The molecule has 0 fully saturated rings. The van der Waals surface area contributed by atoms with E-state index in [2.05, 4.69) is 39.5 Å². The first-order valence-corrected chi connectivity index (χ1v) is 3.82. The number of hydrogen-bond donors (Lipinski definition) is 0. The summed E-state index contributed by atoms with van der Waals surface area (Å²) in [7, 11) is 0. The lowest BCUT2D eigenvalue weighted by Crippen LogP contribution is -2.11. The fourth-order valence-electron chi connectivity index (χ4n) is 1.16. The van der Waals surface area contributed by atoms with Crippen molar-refractivity contribution < 1.29 is 0 Å². The van der Waals surface area contributed by atoms with Gasteiger partial charge in [-0.2, -0.15) is 0 Å². The van der Waals surface area contributed by atoms with Gasteiger partial charge in [0.05, 0.1) is 0 Å². The Morgan fingerprint density at radius 3 is 2.30 bits per heavy atom. The highest BCUT2D eigenvalue weighted by Crippen LogP contribution is 2.24. The van der Waals surface area contributed by atoms with E-state index in [1.54, 1.807) is 0 Å². The molecule has 0 spiro atoms. The van der Waals surface area contributed by atoms with Crippen LogP contribution in [-0.4, -0.2) is 0 Å². The summed E-state index contributed by atoms with van der Waals surface area (Å²) in [5.41, 5.74) is 2.73. The molecule has 0 nitrogen and oxygen atoms in total. The topological polar surface area (TPSA) is 0 Å². The van der Waals surface area contributed by atoms with Gasteiger partial charge in [0, 0.05) is 5.92 Å². The third kappa shape index (κ3) is 1.09. The van der Waals surface area contributed by atoms with Gasteiger partial charge in [-0.05, 0) is 25.3 Å². The average molecular weight is 134 g/mol. The van der Waals surface area contributed by atoms with Crippen LogP contribution >= 0.6 is 0 Å². The van der Waals surface area contributed by atoms with E-state index < -0.39 is 0 Å². The van der Waals surface area contributed by atoms with Crippen molar-refractivity contribution in [2.75, 3.05) is 0 Å². The quantitative estimate of drug-likeness (QED) is 0.447. The van der Waals surface area contributed by atoms with Crippen LogP contribution in [0.25, 0.3) is 0 Å². The van der Waals surface area contributed by atoms with Crippen LogP contribution in [0.5, 0.6) is 0 Å². The van der Waals surface area contributed by atoms with Crippen molar-refractivity contribution in [2.24, 2.45) is 11.8 Å². The van der Waals surface area contributed by atoms with Gasteiger partial charge in [0.2, 0.25) is 0 Å². The molecular weight excluding hydrogens is 120 g/mol. The van der Waals surface area contributed by atoms with Crippen molar-refractivity contribution in [3.05, 3.63) is 11.1 Å². The smallest absolute Gasteiger partial charge is 0.0241 e.